The topological polar surface area (TPSA) is 49.8 Å². The molecule has 1 aromatic carbocycles. The summed E-state index contributed by atoms with van der Waals surface area (Å²) < 4.78 is 39.2. The minimum Gasteiger partial charge on any atom is -0.354 e. The Bertz CT molecular complexity index is 628. The van der Waals surface area contributed by atoms with Crippen LogP contribution in [0.25, 0.3) is 0 Å². The van der Waals surface area contributed by atoms with Crippen molar-refractivity contribution in [2.45, 2.75) is 13.3 Å². The van der Waals surface area contributed by atoms with Gasteiger partial charge < -0.3 is 10.6 Å². The van der Waals surface area contributed by atoms with Gasteiger partial charge in [0, 0.05) is 24.4 Å². The lowest BCUT2D eigenvalue weighted by molar-refractivity contribution is 0.448. The fraction of sp³-hybridized carbons (Fsp3) is 0.231. The minimum absolute atomic E-state index is 0.00607. The first-order valence-electron chi connectivity index (χ1n) is 6.19. The van der Waals surface area contributed by atoms with Gasteiger partial charge in [-0.25, -0.2) is 18.2 Å². The minimum atomic E-state index is -1.53. The maximum Gasteiger partial charge on any atom is 0.224 e. The summed E-state index contributed by atoms with van der Waals surface area (Å²) >= 11 is 5.91. The molecule has 0 fully saturated rings. The molecule has 0 radical (unpaired) electrons. The highest BCUT2D eigenvalue weighted by Gasteiger charge is 2.12. The van der Waals surface area contributed by atoms with Crippen molar-refractivity contribution in [3.63, 3.8) is 0 Å². The molecular weight excluding hydrogens is 305 g/mol. The zero-order valence-corrected chi connectivity index (χ0v) is 11.8. The van der Waals surface area contributed by atoms with Gasteiger partial charge in [-0.1, -0.05) is 18.5 Å². The lowest BCUT2D eigenvalue weighted by atomic mass is 10.3. The first-order valence-corrected chi connectivity index (χ1v) is 6.57. The van der Waals surface area contributed by atoms with Crippen molar-refractivity contribution in [3.05, 3.63) is 40.8 Å². The number of aromatic nitrogens is 2. The van der Waals surface area contributed by atoms with Crippen molar-refractivity contribution in [1.82, 2.24) is 9.97 Å². The van der Waals surface area contributed by atoms with E-state index < -0.39 is 17.5 Å². The molecule has 4 nitrogen and oxygen atoms in total. The third-order valence-corrected chi connectivity index (χ3v) is 2.80. The zero-order valence-electron chi connectivity index (χ0n) is 11.1. The first-order chi connectivity index (χ1) is 10.0. The predicted molar refractivity (Wildman–Crippen MR) is 75.4 cm³/mol. The van der Waals surface area contributed by atoms with Crippen LogP contribution in [0.15, 0.2) is 18.3 Å². The van der Waals surface area contributed by atoms with Gasteiger partial charge in [0.25, 0.3) is 0 Å². The average Bonchev–Trinajstić information content (AvgIpc) is 2.45. The van der Waals surface area contributed by atoms with Crippen LogP contribution < -0.4 is 10.6 Å². The highest BCUT2D eigenvalue weighted by atomic mass is 35.5. The van der Waals surface area contributed by atoms with Gasteiger partial charge in [0.2, 0.25) is 5.95 Å². The van der Waals surface area contributed by atoms with Gasteiger partial charge in [-0.3, -0.25) is 0 Å². The van der Waals surface area contributed by atoms with Crippen molar-refractivity contribution in [3.8, 4) is 0 Å². The van der Waals surface area contributed by atoms with E-state index in [-0.39, 0.29) is 16.5 Å². The van der Waals surface area contributed by atoms with E-state index in [1.54, 1.807) is 0 Å². The number of halogens is 4. The summed E-state index contributed by atoms with van der Waals surface area (Å²) in [5, 5.41) is 5.75. The Labute approximate surface area is 124 Å². The molecule has 21 heavy (non-hydrogen) atoms. The Morgan fingerprint density at radius 3 is 2.48 bits per heavy atom. The summed E-state index contributed by atoms with van der Waals surface area (Å²) in [5.41, 5.74) is -0.00607. The molecule has 1 aromatic heterocycles. The van der Waals surface area contributed by atoms with Gasteiger partial charge in [0.15, 0.2) is 23.3 Å². The average molecular weight is 317 g/mol. The molecule has 0 bridgehead atoms. The Kier molecular flexibility index (Phi) is 4.85. The van der Waals surface area contributed by atoms with Gasteiger partial charge in [-0.05, 0) is 6.42 Å². The monoisotopic (exact) mass is 316 g/mol. The second kappa shape index (κ2) is 6.62. The van der Waals surface area contributed by atoms with Gasteiger partial charge in [0.05, 0.1) is 6.20 Å². The number of hydrogen-bond acceptors (Lipinski definition) is 4. The summed E-state index contributed by atoms with van der Waals surface area (Å²) in [6.45, 7) is 2.65. The molecule has 0 aliphatic carbocycles. The molecule has 2 aromatic rings. The Morgan fingerprint density at radius 1 is 1.19 bits per heavy atom. The van der Waals surface area contributed by atoms with E-state index in [0.717, 1.165) is 18.6 Å². The number of nitrogens with one attached hydrogen (secondary N) is 2. The Hall–Kier alpha value is -2.02. The van der Waals surface area contributed by atoms with Crippen LogP contribution in [-0.2, 0) is 0 Å². The van der Waals surface area contributed by atoms with Crippen LogP contribution in [0.5, 0.6) is 0 Å². The fourth-order valence-electron chi connectivity index (χ4n) is 1.54. The number of rotatable bonds is 5. The van der Waals surface area contributed by atoms with E-state index in [1.807, 2.05) is 6.92 Å². The lowest BCUT2D eigenvalue weighted by Crippen LogP contribution is -2.06. The first kappa shape index (κ1) is 15.4. The quantitative estimate of drug-likeness (QED) is 0.815. The molecule has 0 saturated carbocycles. The highest BCUT2D eigenvalue weighted by molar-refractivity contribution is 6.32. The molecule has 0 amide bonds. The van der Waals surface area contributed by atoms with E-state index in [0.29, 0.717) is 12.5 Å². The third kappa shape index (κ3) is 3.75. The summed E-state index contributed by atoms with van der Waals surface area (Å²) in [7, 11) is 0. The van der Waals surface area contributed by atoms with Crippen LogP contribution in [0, 0.1) is 17.5 Å². The molecule has 8 heteroatoms. The van der Waals surface area contributed by atoms with E-state index >= 15 is 0 Å². The summed E-state index contributed by atoms with van der Waals surface area (Å²) in [6, 6.07) is 1.63. The zero-order chi connectivity index (χ0) is 15.4. The van der Waals surface area contributed by atoms with E-state index in [1.165, 1.54) is 6.20 Å². The standard InChI is InChI=1S/C13H12ClF3N4/c1-2-3-18-13-19-6-8(14)12(21-13)20-7-4-9(15)11(17)10(16)5-7/h4-6H,2-3H2,1H3,(H2,18,19,20,21). The number of nitrogens with zero attached hydrogens (tertiary/aromatic N) is 2. The van der Waals surface area contributed by atoms with Crippen LogP contribution in [0.4, 0.5) is 30.6 Å². The van der Waals surface area contributed by atoms with Crippen molar-refractivity contribution in [1.29, 1.82) is 0 Å². The molecular formula is C13H12ClF3N4. The lowest BCUT2D eigenvalue weighted by Gasteiger charge is -2.10. The highest BCUT2D eigenvalue weighted by Crippen LogP contribution is 2.25. The summed E-state index contributed by atoms with van der Waals surface area (Å²) in [5.74, 6) is -3.64. The smallest absolute Gasteiger partial charge is 0.224 e. The van der Waals surface area contributed by atoms with E-state index in [2.05, 4.69) is 20.6 Å². The van der Waals surface area contributed by atoms with Gasteiger partial charge >= 0.3 is 0 Å². The number of benzene rings is 1. The molecule has 2 N–H and O–H groups in total. The molecule has 112 valence electrons. The number of hydrogen-bond donors (Lipinski definition) is 2. The fourth-order valence-corrected chi connectivity index (χ4v) is 1.68. The van der Waals surface area contributed by atoms with Gasteiger partial charge in [-0.2, -0.15) is 4.98 Å². The summed E-state index contributed by atoms with van der Waals surface area (Å²) in [6.07, 6.45) is 2.23. The van der Waals surface area contributed by atoms with Crippen LogP contribution in [0.2, 0.25) is 5.02 Å². The van der Waals surface area contributed by atoms with Crippen LogP contribution in [0.1, 0.15) is 13.3 Å². The molecule has 0 atom stereocenters. The molecule has 0 aliphatic heterocycles. The second-order valence-corrected chi connectivity index (χ2v) is 4.60. The van der Waals surface area contributed by atoms with Crippen molar-refractivity contribution < 1.29 is 13.2 Å². The summed E-state index contributed by atoms with van der Waals surface area (Å²) in [4.78, 5) is 8.05. The molecule has 0 spiro atoms. The second-order valence-electron chi connectivity index (χ2n) is 4.20. The molecule has 0 saturated heterocycles. The van der Waals surface area contributed by atoms with Crippen molar-refractivity contribution in [2.75, 3.05) is 17.2 Å². The van der Waals surface area contributed by atoms with Gasteiger partial charge in [0.1, 0.15) is 5.02 Å². The molecule has 2 rings (SSSR count). The largest absolute Gasteiger partial charge is 0.354 e. The van der Waals surface area contributed by atoms with Gasteiger partial charge in [-0.15, -0.1) is 0 Å². The Balaban J connectivity index is 2.26. The van der Waals surface area contributed by atoms with Crippen LogP contribution in [-0.4, -0.2) is 16.5 Å². The predicted octanol–water partition coefficient (Wildman–Crippen LogP) is 4.11. The van der Waals surface area contributed by atoms with E-state index in [4.69, 9.17) is 11.6 Å². The molecule has 0 unspecified atom stereocenters. The van der Waals surface area contributed by atoms with Crippen molar-refractivity contribution >= 4 is 29.1 Å². The Morgan fingerprint density at radius 2 is 1.86 bits per heavy atom. The van der Waals surface area contributed by atoms with Crippen LogP contribution in [0.3, 0.4) is 0 Å². The maximum absolute atomic E-state index is 13.2. The third-order valence-electron chi connectivity index (χ3n) is 2.52. The SMILES string of the molecule is CCCNc1ncc(Cl)c(Nc2cc(F)c(F)c(F)c2)n1. The number of anilines is 3. The molecule has 0 aliphatic rings. The van der Waals surface area contributed by atoms with E-state index in [9.17, 15) is 13.2 Å². The normalized spacial score (nSPS) is 10.5. The van der Waals surface area contributed by atoms with Crippen LogP contribution >= 0.6 is 11.6 Å². The molecule has 1 heterocycles. The van der Waals surface area contributed by atoms with Crippen molar-refractivity contribution in [2.24, 2.45) is 0 Å². The maximum atomic E-state index is 13.2.